The maximum Gasteiger partial charge on any atom is 0.230 e. The average Bonchev–Trinajstić information content (AvgIpc) is 2.87. The number of hydrogen-bond acceptors (Lipinski definition) is 1. The quantitative estimate of drug-likeness (QED) is 0.882. The molecule has 0 saturated heterocycles. The third kappa shape index (κ3) is 3.17. The van der Waals surface area contributed by atoms with Crippen molar-refractivity contribution in [2.45, 2.75) is 51.9 Å². The maximum atomic E-state index is 12.7. The van der Waals surface area contributed by atoms with Gasteiger partial charge in [0, 0.05) is 6.54 Å². The van der Waals surface area contributed by atoms with Crippen LogP contribution in [0.15, 0.2) is 30.3 Å². The van der Waals surface area contributed by atoms with Crippen molar-refractivity contribution < 1.29 is 4.79 Å². The van der Waals surface area contributed by atoms with Gasteiger partial charge in [-0.15, -0.1) is 0 Å². The molecule has 1 saturated carbocycles. The highest BCUT2D eigenvalue weighted by Crippen LogP contribution is 2.41. The number of nitrogens with one attached hydrogen (secondary N) is 1. The van der Waals surface area contributed by atoms with E-state index in [2.05, 4.69) is 38.2 Å². The lowest BCUT2D eigenvalue weighted by Crippen LogP contribution is -2.45. The van der Waals surface area contributed by atoms with Crippen LogP contribution in [0.4, 0.5) is 0 Å². The molecule has 1 aliphatic rings. The fraction of sp³-hybridized carbons (Fsp3) is 0.588. The molecule has 104 valence electrons. The van der Waals surface area contributed by atoms with Crippen LogP contribution in [0.1, 0.15) is 52.0 Å². The molecule has 0 aliphatic heterocycles. The van der Waals surface area contributed by atoms with Crippen molar-refractivity contribution in [3.63, 3.8) is 0 Å². The lowest BCUT2D eigenvalue weighted by Gasteiger charge is -2.30. The van der Waals surface area contributed by atoms with Crippen LogP contribution < -0.4 is 5.32 Å². The van der Waals surface area contributed by atoms with Crippen molar-refractivity contribution in [3.8, 4) is 0 Å². The second-order valence-electron chi connectivity index (χ2n) is 6.90. The molecule has 1 aromatic rings. The smallest absolute Gasteiger partial charge is 0.230 e. The Balaban J connectivity index is 2.18. The first-order chi connectivity index (χ1) is 8.94. The topological polar surface area (TPSA) is 29.1 Å². The Kier molecular flexibility index (Phi) is 3.98. The number of amides is 1. The fourth-order valence-corrected chi connectivity index (χ4v) is 2.90. The summed E-state index contributed by atoms with van der Waals surface area (Å²) < 4.78 is 0. The van der Waals surface area contributed by atoms with Crippen LogP contribution in [0.5, 0.6) is 0 Å². The van der Waals surface area contributed by atoms with E-state index in [4.69, 9.17) is 0 Å². The van der Waals surface area contributed by atoms with Gasteiger partial charge in [0.1, 0.15) is 0 Å². The third-order valence-corrected chi connectivity index (χ3v) is 4.00. The summed E-state index contributed by atoms with van der Waals surface area (Å²) in [6.07, 6.45) is 4.26. The molecule has 0 spiro atoms. The highest BCUT2D eigenvalue weighted by atomic mass is 16.2. The molecular formula is C17H25NO. The Labute approximate surface area is 116 Å². The molecule has 0 atom stereocenters. The van der Waals surface area contributed by atoms with E-state index in [1.807, 2.05) is 18.2 Å². The van der Waals surface area contributed by atoms with Gasteiger partial charge in [-0.05, 0) is 23.8 Å². The minimum Gasteiger partial charge on any atom is -0.355 e. The van der Waals surface area contributed by atoms with Crippen LogP contribution in [-0.2, 0) is 10.2 Å². The van der Waals surface area contributed by atoms with Gasteiger partial charge in [0.15, 0.2) is 0 Å². The van der Waals surface area contributed by atoms with E-state index in [0.29, 0.717) is 0 Å². The van der Waals surface area contributed by atoms with Gasteiger partial charge in [-0.1, -0.05) is 63.9 Å². The molecule has 1 aliphatic carbocycles. The maximum absolute atomic E-state index is 12.7. The molecule has 1 fully saturated rings. The monoisotopic (exact) mass is 259 g/mol. The predicted octanol–water partition coefficient (Wildman–Crippen LogP) is 3.66. The number of carbonyl (C=O) groups excluding carboxylic acids is 1. The lowest BCUT2D eigenvalue weighted by atomic mass is 9.77. The van der Waals surface area contributed by atoms with Gasteiger partial charge < -0.3 is 5.32 Å². The highest BCUT2D eigenvalue weighted by Gasteiger charge is 2.42. The van der Waals surface area contributed by atoms with Gasteiger partial charge in [-0.25, -0.2) is 0 Å². The summed E-state index contributed by atoms with van der Waals surface area (Å²) in [4.78, 5) is 12.7. The van der Waals surface area contributed by atoms with E-state index in [1.165, 1.54) is 5.56 Å². The van der Waals surface area contributed by atoms with E-state index in [0.717, 1.165) is 32.2 Å². The van der Waals surface area contributed by atoms with Gasteiger partial charge in [-0.3, -0.25) is 4.79 Å². The first kappa shape index (κ1) is 14.1. The number of hydrogen-bond donors (Lipinski definition) is 1. The molecule has 0 heterocycles. The summed E-state index contributed by atoms with van der Waals surface area (Å²) in [5.41, 5.74) is 1.03. The summed E-state index contributed by atoms with van der Waals surface area (Å²) in [6.45, 7) is 7.19. The minimum absolute atomic E-state index is 0.131. The molecule has 2 nitrogen and oxygen atoms in total. The van der Waals surface area contributed by atoms with Crippen molar-refractivity contribution in [2.24, 2.45) is 5.41 Å². The Morgan fingerprint density at radius 1 is 1.16 bits per heavy atom. The number of carbonyl (C=O) groups is 1. The lowest BCUT2D eigenvalue weighted by molar-refractivity contribution is -0.127. The van der Waals surface area contributed by atoms with E-state index in [1.54, 1.807) is 0 Å². The van der Waals surface area contributed by atoms with Gasteiger partial charge in [0.2, 0.25) is 5.91 Å². The van der Waals surface area contributed by atoms with Gasteiger partial charge >= 0.3 is 0 Å². The second kappa shape index (κ2) is 5.36. The molecule has 1 N–H and O–H groups in total. The third-order valence-electron chi connectivity index (χ3n) is 4.00. The van der Waals surface area contributed by atoms with Crippen LogP contribution in [-0.4, -0.2) is 12.5 Å². The molecule has 0 bridgehead atoms. The second-order valence-corrected chi connectivity index (χ2v) is 6.90. The summed E-state index contributed by atoms with van der Waals surface area (Å²) >= 11 is 0. The molecule has 1 aromatic carbocycles. The van der Waals surface area contributed by atoms with Crippen molar-refractivity contribution in [3.05, 3.63) is 35.9 Å². The molecule has 2 rings (SSSR count). The Hall–Kier alpha value is -1.31. The van der Waals surface area contributed by atoms with Crippen LogP contribution in [0.25, 0.3) is 0 Å². The molecule has 0 unspecified atom stereocenters. The van der Waals surface area contributed by atoms with Gasteiger partial charge in [0.05, 0.1) is 5.41 Å². The summed E-state index contributed by atoms with van der Waals surface area (Å²) in [5.74, 6) is 0.214. The predicted molar refractivity (Wildman–Crippen MR) is 79.1 cm³/mol. The number of rotatable bonds is 3. The minimum atomic E-state index is -0.285. The summed E-state index contributed by atoms with van der Waals surface area (Å²) in [7, 11) is 0. The SMILES string of the molecule is CC(C)(C)CNC(=O)C1(c2ccccc2)CCCC1. The van der Waals surface area contributed by atoms with Crippen LogP contribution in [0, 0.1) is 5.41 Å². The Morgan fingerprint density at radius 2 is 1.74 bits per heavy atom. The van der Waals surface area contributed by atoms with Crippen molar-refractivity contribution in [2.75, 3.05) is 6.54 Å². The van der Waals surface area contributed by atoms with Crippen LogP contribution in [0.3, 0.4) is 0 Å². The van der Waals surface area contributed by atoms with Crippen molar-refractivity contribution >= 4 is 5.91 Å². The number of benzene rings is 1. The first-order valence-corrected chi connectivity index (χ1v) is 7.28. The molecule has 0 aromatic heterocycles. The van der Waals surface area contributed by atoms with E-state index < -0.39 is 0 Å². The van der Waals surface area contributed by atoms with Gasteiger partial charge in [0.25, 0.3) is 0 Å². The largest absolute Gasteiger partial charge is 0.355 e. The summed E-state index contributed by atoms with van der Waals surface area (Å²) in [5, 5.41) is 3.16. The molecular weight excluding hydrogens is 234 g/mol. The zero-order chi connectivity index (χ0) is 13.9. The summed E-state index contributed by atoms with van der Waals surface area (Å²) in [6, 6.07) is 10.3. The fourth-order valence-electron chi connectivity index (χ4n) is 2.90. The molecule has 0 radical (unpaired) electrons. The molecule has 1 amide bonds. The Bertz CT molecular complexity index is 424. The zero-order valence-electron chi connectivity index (χ0n) is 12.3. The van der Waals surface area contributed by atoms with E-state index >= 15 is 0 Å². The first-order valence-electron chi connectivity index (χ1n) is 7.28. The normalized spacial score (nSPS) is 18.3. The van der Waals surface area contributed by atoms with Crippen molar-refractivity contribution in [1.29, 1.82) is 0 Å². The Morgan fingerprint density at radius 3 is 2.26 bits per heavy atom. The molecule has 19 heavy (non-hydrogen) atoms. The van der Waals surface area contributed by atoms with Gasteiger partial charge in [-0.2, -0.15) is 0 Å². The average molecular weight is 259 g/mol. The highest BCUT2D eigenvalue weighted by molar-refractivity contribution is 5.88. The van der Waals surface area contributed by atoms with E-state index in [-0.39, 0.29) is 16.7 Å². The zero-order valence-corrected chi connectivity index (χ0v) is 12.3. The van der Waals surface area contributed by atoms with Crippen LogP contribution in [0.2, 0.25) is 0 Å². The molecule has 2 heteroatoms. The van der Waals surface area contributed by atoms with Crippen molar-refractivity contribution in [1.82, 2.24) is 5.32 Å². The standard InChI is InChI=1S/C17H25NO/c1-16(2,3)13-18-15(19)17(11-7-8-12-17)14-9-5-4-6-10-14/h4-6,9-10H,7-8,11-13H2,1-3H3,(H,18,19). The van der Waals surface area contributed by atoms with Crippen LogP contribution >= 0.6 is 0 Å². The van der Waals surface area contributed by atoms with E-state index in [9.17, 15) is 4.79 Å².